The number of Topliss-reactive ketones (excluding diaryl/α,β-unsaturated/α-hetero) is 1. The Hall–Kier alpha value is -2.36. The van der Waals surface area contributed by atoms with Crippen LogP contribution in [0.15, 0.2) is 42.6 Å². The largest absolute Gasteiger partial charge is 0.497 e. The number of nitrogen functional groups attached to an aromatic ring is 1. The van der Waals surface area contributed by atoms with Crippen LogP contribution in [-0.2, 0) is 6.42 Å². The molecule has 2 rings (SSSR count). The first kappa shape index (κ1) is 12.1. The van der Waals surface area contributed by atoms with Crippen molar-refractivity contribution in [3.8, 4) is 5.75 Å². The Labute approximate surface area is 105 Å². The molecule has 92 valence electrons. The Morgan fingerprint density at radius 3 is 2.83 bits per heavy atom. The zero-order valence-corrected chi connectivity index (χ0v) is 10.1. The van der Waals surface area contributed by atoms with Crippen LogP contribution in [-0.4, -0.2) is 17.9 Å². The Morgan fingerprint density at radius 2 is 2.17 bits per heavy atom. The van der Waals surface area contributed by atoms with Crippen molar-refractivity contribution in [2.24, 2.45) is 0 Å². The zero-order chi connectivity index (χ0) is 13.0. The molecule has 1 aromatic carbocycles. The number of nitrogens with two attached hydrogens (primary N) is 1. The fourth-order valence-corrected chi connectivity index (χ4v) is 1.67. The summed E-state index contributed by atoms with van der Waals surface area (Å²) in [4.78, 5) is 16.3. The predicted octanol–water partition coefficient (Wildman–Crippen LogP) is 2.10. The molecule has 0 fully saturated rings. The first-order valence-corrected chi connectivity index (χ1v) is 5.57. The fraction of sp³-hybridized carbons (Fsp3) is 0.143. The third kappa shape index (κ3) is 2.66. The highest BCUT2D eigenvalue weighted by Crippen LogP contribution is 2.20. The number of nitrogens with zero attached hydrogens (tertiary/aromatic N) is 1. The number of carbonyl (C=O) groups is 1. The molecule has 0 amide bonds. The van der Waals surface area contributed by atoms with Crippen LogP contribution in [0.3, 0.4) is 0 Å². The summed E-state index contributed by atoms with van der Waals surface area (Å²) in [5.74, 6) is 0.554. The molecule has 0 radical (unpaired) electrons. The summed E-state index contributed by atoms with van der Waals surface area (Å²) >= 11 is 0. The van der Waals surface area contributed by atoms with Crippen LogP contribution in [0.4, 0.5) is 5.69 Å². The molecular formula is C14H14N2O2. The highest BCUT2D eigenvalue weighted by Gasteiger charge is 2.12. The van der Waals surface area contributed by atoms with Gasteiger partial charge >= 0.3 is 0 Å². The van der Waals surface area contributed by atoms with Gasteiger partial charge in [0.15, 0.2) is 5.78 Å². The van der Waals surface area contributed by atoms with Crippen molar-refractivity contribution in [2.75, 3.05) is 12.8 Å². The van der Waals surface area contributed by atoms with E-state index in [1.54, 1.807) is 31.5 Å². The van der Waals surface area contributed by atoms with Gasteiger partial charge < -0.3 is 10.5 Å². The SMILES string of the molecule is COc1ccc(N)c(C(=O)Cc2ccccn2)c1. The van der Waals surface area contributed by atoms with Gasteiger partial charge in [0.2, 0.25) is 0 Å². The van der Waals surface area contributed by atoms with Crippen molar-refractivity contribution in [3.05, 3.63) is 53.9 Å². The second-order valence-corrected chi connectivity index (χ2v) is 3.87. The summed E-state index contributed by atoms with van der Waals surface area (Å²) in [6, 6.07) is 10.5. The van der Waals surface area contributed by atoms with Gasteiger partial charge in [0, 0.05) is 23.1 Å². The average Bonchev–Trinajstić information content (AvgIpc) is 2.40. The van der Waals surface area contributed by atoms with E-state index >= 15 is 0 Å². The summed E-state index contributed by atoms with van der Waals surface area (Å²) in [5, 5.41) is 0. The molecule has 2 N–H and O–H groups in total. The fourth-order valence-electron chi connectivity index (χ4n) is 1.67. The molecule has 0 aliphatic rings. The molecule has 1 aromatic heterocycles. The van der Waals surface area contributed by atoms with Crippen molar-refractivity contribution in [1.29, 1.82) is 0 Å². The third-order valence-electron chi connectivity index (χ3n) is 2.63. The lowest BCUT2D eigenvalue weighted by Gasteiger charge is -2.07. The van der Waals surface area contributed by atoms with Crippen LogP contribution >= 0.6 is 0 Å². The zero-order valence-electron chi connectivity index (χ0n) is 10.1. The number of benzene rings is 1. The van der Waals surface area contributed by atoms with Gasteiger partial charge in [-0.05, 0) is 30.3 Å². The topological polar surface area (TPSA) is 65.2 Å². The summed E-state index contributed by atoms with van der Waals surface area (Å²) in [7, 11) is 1.55. The quantitative estimate of drug-likeness (QED) is 0.658. The van der Waals surface area contributed by atoms with Crippen LogP contribution in [0.2, 0.25) is 0 Å². The number of aromatic nitrogens is 1. The van der Waals surface area contributed by atoms with Crippen molar-refractivity contribution in [2.45, 2.75) is 6.42 Å². The minimum atomic E-state index is -0.0647. The molecule has 0 saturated carbocycles. The van der Waals surface area contributed by atoms with E-state index in [0.717, 1.165) is 5.69 Å². The van der Waals surface area contributed by atoms with E-state index in [1.165, 1.54) is 0 Å². The lowest BCUT2D eigenvalue weighted by molar-refractivity contribution is 0.0992. The number of methoxy groups -OCH3 is 1. The number of rotatable bonds is 4. The molecule has 0 bridgehead atoms. The Bertz CT molecular complexity index is 553. The summed E-state index contributed by atoms with van der Waals surface area (Å²) in [5.41, 5.74) is 7.46. The van der Waals surface area contributed by atoms with Crippen molar-refractivity contribution in [1.82, 2.24) is 4.98 Å². The van der Waals surface area contributed by atoms with E-state index in [1.807, 2.05) is 18.2 Å². The summed E-state index contributed by atoms with van der Waals surface area (Å²) in [6.07, 6.45) is 1.90. The molecule has 0 unspecified atom stereocenters. The predicted molar refractivity (Wildman–Crippen MR) is 69.7 cm³/mol. The van der Waals surface area contributed by atoms with Crippen molar-refractivity contribution in [3.63, 3.8) is 0 Å². The molecule has 0 aliphatic carbocycles. The minimum absolute atomic E-state index is 0.0647. The second-order valence-electron chi connectivity index (χ2n) is 3.87. The van der Waals surface area contributed by atoms with Crippen molar-refractivity contribution < 1.29 is 9.53 Å². The molecule has 0 saturated heterocycles. The van der Waals surface area contributed by atoms with Crippen molar-refractivity contribution >= 4 is 11.5 Å². The highest BCUT2D eigenvalue weighted by atomic mass is 16.5. The molecule has 1 heterocycles. The van der Waals surface area contributed by atoms with E-state index < -0.39 is 0 Å². The first-order valence-electron chi connectivity index (χ1n) is 5.57. The van der Waals surface area contributed by atoms with Gasteiger partial charge in [-0.2, -0.15) is 0 Å². The first-order chi connectivity index (χ1) is 8.70. The van der Waals surface area contributed by atoms with Gasteiger partial charge in [-0.1, -0.05) is 6.07 Å². The molecule has 18 heavy (non-hydrogen) atoms. The second kappa shape index (κ2) is 5.31. The molecule has 2 aromatic rings. The normalized spacial score (nSPS) is 10.1. The highest BCUT2D eigenvalue weighted by molar-refractivity contribution is 6.02. The van der Waals surface area contributed by atoms with E-state index in [2.05, 4.69) is 4.98 Å². The van der Waals surface area contributed by atoms with Crippen LogP contribution in [0.5, 0.6) is 5.75 Å². The number of pyridine rings is 1. The van der Waals surface area contributed by atoms with E-state index in [4.69, 9.17) is 10.5 Å². The molecule has 0 aliphatic heterocycles. The van der Waals surface area contributed by atoms with E-state index in [-0.39, 0.29) is 12.2 Å². The van der Waals surface area contributed by atoms with Crippen LogP contribution in [0.25, 0.3) is 0 Å². The van der Waals surface area contributed by atoms with Crippen LogP contribution < -0.4 is 10.5 Å². The Morgan fingerprint density at radius 1 is 1.33 bits per heavy atom. The van der Waals surface area contributed by atoms with Crippen LogP contribution in [0, 0.1) is 0 Å². The van der Waals surface area contributed by atoms with Gasteiger partial charge in [-0.15, -0.1) is 0 Å². The van der Waals surface area contributed by atoms with E-state index in [9.17, 15) is 4.79 Å². The number of ether oxygens (including phenoxy) is 1. The van der Waals surface area contributed by atoms with Gasteiger partial charge in [-0.25, -0.2) is 0 Å². The summed E-state index contributed by atoms with van der Waals surface area (Å²) < 4.78 is 5.09. The smallest absolute Gasteiger partial charge is 0.171 e. The Kier molecular flexibility index (Phi) is 3.57. The number of ketones is 1. The molecule has 0 spiro atoms. The monoisotopic (exact) mass is 242 g/mol. The number of anilines is 1. The molecule has 4 heteroatoms. The lowest BCUT2D eigenvalue weighted by Crippen LogP contribution is -2.08. The summed E-state index contributed by atoms with van der Waals surface area (Å²) in [6.45, 7) is 0. The third-order valence-corrected chi connectivity index (χ3v) is 2.63. The molecule has 4 nitrogen and oxygen atoms in total. The van der Waals surface area contributed by atoms with Gasteiger partial charge in [-0.3, -0.25) is 9.78 Å². The maximum Gasteiger partial charge on any atom is 0.171 e. The number of hydrogen-bond donors (Lipinski definition) is 1. The standard InChI is InChI=1S/C14H14N2O2/c1-18-11-5-6-13(15)12(9-11)14(17)8-10-4-2-3-7-16-10/h2-7,9H,8,15H2,1H3. The minimum Gasteiger partial charge on any atom is -0.497 e. The van der Waals surface area contributed by atoms with Gasteiger partial charge in [0.05, 0.1) is 13.5 Å². The van der Waals surface area contributed by atoms with Gasteiger partial charge in [0.1, 0.15) is 5.75 Å². The molecular weight excluding hydrogens is 228 g/mol. The number of hydrogen-bond acceptors (Lipinski definition) is 4. The maximum absolute atomic E-state index is 12.1. The van der Waals surface area contributed by atoms with Gasteiger partial charge in [0.25, 0.3) is 0 Å². The lowest BCUT2D eigenvalue weighted by atomic mass is 10.0. The number of carbonyl (C=O) groups excluding carboxylic acids is 1. The van der Waals surface area contributed by atoms with Crippen LogP contribution in [0.1, 0.15) is 16.1 Å². The maximum atomic E-state index is 12.1. The average molecular weight is 242 g/mol. The molecule has 0 atom stereocenters. The van der Waals surface area contributed by atoms with E-state index in [0.29, 0.717) is 17.0 Å². The Balaban J connectivity index is 2.23.